The molecule has 2 atom stereocenters. The van der Waals surface area contributed by atoms with Gasteiger partial charge < -0.3 is 19.1 Å². The average Bonchev–Trinajstić information content (AvgIpc) is 3.51. The summed E-state index contributed by atoms with van der Waals surface area (Å²) in [5.41, 5.74) is 12.1. The number of benzene rings is 7. The fourth-order valence-corrected chi connectivity index (χ4v) is 10.0. The molecule has 4 nitrogen and oxygen atoms in total. The van der Waals surface area contributed by atoms with Crippen molar-refractivity contribution < 1.29 is 14.2 Å². The Morgan fingerprint density at radius 2 is 1.24 bits per heavy atom. The first-order valence-electron chi connectivity index (χ1n) is 20.7. The van der Waals surface area contributed by atoms with Crippen LogP contribution in [0.2, 0.25) is 0 Å². The zero-order valence-corrected chi connectivity index (χ0v) is 33.9. The van der Waals surface area contributed by atoms with Crippen LogP contribution in [0.4, 0.5) is 5.69 Å². The number of hydrogen-bond donors (Lipinski definition) is 0. The molecule has 4 heteroatoms. The third-order valence-electron chi connectivity index (χ3n) is 12.9. The fourth-order valence-electron chi connectivity index (χ4n) is 10.0. The summed E-state index contributed by atoms with van der Waals surface area (Å²) in [4.78, 5) is 2.40. The van der Waals surface area contributed by atoms with Crippen molar-refractivity contribution in [3.63, 3.8) is 0 Å². The molecule has 11 rings (SSSR count). The summed E-state index contributed by atoms with van der Waals surface area (Å²) in [6.07, 6.45) is 9.29. The molecule has 1 aliphatic carbocycles. The van der Waals surface area contributed by atoms with Gasteiger partial charge in [-0.25, -0.2) is 0 Å². The molecule has 0 N–H and O–H groups in total. The van der Waals surface area contributed by atoms with Crippen molar-refractivity contribution in [1.29, 1.82) is 0 Å². The molecule has 7 aromatic carbocycles. The number of fused-ring (bicyclic) bond motifs is 13. The molecule has 0 amide bonds. The van der Waals surface area contributed by atoms with Crippen LogP contribution in [0.15, 0.2) is 133 Å². The molecular weight excluding hydrogens is 711 g/mol. The van der Waals surface area contributed by atoms with Gasteiger partial charge in [-0.3, -0.25) is 0 Å². The van der Waals surface area contributed by atoms with Crippen molar-refractivity contribution >= 4 is 39.4 Å². The standard InChI is InChI=1S/C54H47NO3/c1-34-15-21-41-45(31-34)51-44(24-25-53(57-51,37-12-7-6-8-13-37)38-17-19-39(20-18-38)55-27-29-56-30-28-55)49-48(41)42-22-16-35(2)32-47(42)54(49)26-23-43-46(52(3,4)5)33-36-11-9-10-14-40(36)50(43)58-54/h6-26,31-33H,27-30H2,1-5H3. The number of morpholine rings is 1. The van der Waals surface area contributed by atoms with Gasteiger partial charge in [0.25, 0.3) is 0 Å². The summed E-state index contributed by atoms with van der Waals surface area (Å²) in [6.45, 7) is 14.5. The molecular formula is C54H47NO3. The molecule has 286 valence electrons. The summed E-state index contributed by atoms with van der Waals surface area (Å²) in [5, 5.41) is 4.58. The van der Waals surface area contributed by atoms with Crippen LogP contribution >= 0.6 is 0 Å². The van der Waals surface area contributed by atoms with Gasteiger partial charge in [0.15, 0.2) is 11.2 Å². The van der Waals surface area contributed by atoms with Crippen molar-refractivity contribution in [1.82, 2.24) is 0 Å². The second-order valence-electron chi connectivity index (χ2n) is 17.6. The van der Waals surface area contributed by atoms with Crippen molar-refractivity contribution in [3.05, 3.63) is 184 Å². The predicted octanol–water partition coefficient (Wildman–Crippen LogP) is 12.4. The van der Waals surface area contributed by atoms with E-state index in [0.29, 0.717) is 0 Å². The van der Waals surface area contributed by atoms with E-state index in [1.165, 1.54) is 38.9 Å². The quantitative estimate of drug-likeness (QED) is 0.180. The lowest BCUT2D eigenvalue weighted by Crippen LogP contribution is -2.37. The Labute approximate surface area is 341 Å². The van der Waals surface area contributed by atoms with Gasteiger partial charge in [-0.1, -0.05) is 141 Å². The van der Waals surface area contributed by atoms with Crippen molar-refractivity contribution in [2.45, 2.75) is 51.2 Å². The normalized spacial score (nSPS) is 20.4. The highest BCUT2D eigenvalue weighted by Crippen LogP contribution is 2.61. The monoisotopic (exact) mass is 757 g/mol. The third-order valence-corrected chi connectivity index (χ3v) is 12.9. The van der Waals surface area contributed by atoms with E-state index in [1.54, 1.807) is 0 Å². The Kier molecular flexibility index (Phi) is 7.68. The number of nitrogens with zero attached hydrogens (tertiary/aromatic N) is 1. The first-order chi connectivity index (χ1) is 28.1. The third kappa shape index (κ3) is 5.10. The van der Waals surface area contributed by atoms with Crippen LogP contribution < -0.4 is 14.4 Å². The molecule has 1 fully saturated rings. The Morgan fingerprint density at radius 3 is 2.03 bits per heavy atom. The largest absolute Gasteiger partial charge is 0.472 e. The average molecular weight is 758 g/mol. The van der Waals surface area contributed by atoms with E-state index >= 15 is 0 Å². The lowest BCUT2D eigenvalue weighted by Gasteiger charge is -2.40. The Balaban J connectivity index is 1.18. The summed E-state index contributed by atoms with van der Waals surface area (Å²) >= 11 is 0. The first-order valence-corrected chi connectivity index (χ1v) is 20.7. The highest BCUT2D eigenvalue weighted by Gasteiger charge is 2.51. The number of anilines is 1. The molecule has 3 aliphatic heterocycles. The van der Waals surface area contributed by atoms with Gasteiger partial charge in [0, 0.05) is 62.9 Å². The van der Waals surface area contributed by atoms with Gasteiger partial charge in [-0.05, 0) is 83.1 Å². The minimum absolute atomic E-state index is 0.0840. The molecule has 3 heterocycles. The van der Waals surface area contributed by atoms with Gasteiger partial charge in [-0.2, -0.15) is 0 Å². The maximum Gasteiger partial charge on any atom is 0.180 e. The summed E-state index contributed by atoms with van der Waals surface area (Å²) in [7, 11) is 0. The Morgan fingerprint density at radius 1 is 0.586 bits per heavy atom. The fraction of sp³-hybridized carbons (Fsp3) is 0.222. The Bertz CT molecular complexity index is 2880. The van der Waals surface area contributed by atoms with Crippen molar-refractivity contribution in [2.75, 3.05) is 31.2 Å². The van der Waals surface area contributed by atoms with Crippen molar-refractivity contribution in [3.8, 4) is 22.6 Å². The SMILES string of the molecule is Cc1ccc2c(c1)C1(C=Cc3c(C(C)(C)C)cc4ccccc4c3O1)c1c3c(c4cc(C)ccc4c1-2)OC(c1ccccc1)(c1ccc(N2CCOCC2)cc1)C=C3. The number of hydrogen-bond acceptors (Lipinski definition) is 4. The van der Waals surface area contributed by atoms with Crippen LogP contribution in [0, 0.1) is 13.8 Å². The van der Waals surface area contributed by atoms with Crippen LogP contribution in [0.25, 0.3) is 44.8 Å². The summed E-state index contributed by atoms with van der Waals surface area (Å²) in [5.74, 6) is 1.81. The van der Waals surface area contributed by atoms with Crippen molar-refractivity contribution in [2.24, 2.45) is 0 Å². The molecule has 0 radical (unpaired) electrons. The zero-order chi connectivity index (χ0) is 39.4. The minimum Gasteiger partial charge on any atom is -0.472 e. The smallest absolute Gasteiger partial charge is 0.180 e. The van der Waals surface area contributed by atoms with Crippen LogP contribution in [-0.2, 0) is 21.4 Å². The summed E-state index contributed by atoms with van der Waals surface area (Å²) < 4.78 is 21.2. The zero-order valence-electron chi connectivity index (χ0n) is 33.9. The predicted molar refractivity (Wildman–Crippen MR) is 238 cm³/mol. The summed E-state index contributed by atoms with van der Waals surface area (Å²) in [6, 6.07) is 44.4. The minimum atomic E-state index is -0.896. The topological polar surface area (TPSA) is 30.9 Å². The molecule has 0 saturated carbocycles. The van der Waals surface area contributed by atoms with E-state index in [4.69, 9.17) is 14.2 Å². The van der Waals surface area contributed by atoms with E-state index in [-0.39, 0.29) is 5.41 Å². The first kappa shape index (κ1) is 35.1. The lowest BCUT2D eigenvalue weighted by molar-refractivity contribution is 0.122. The van der Waals surface area contributed by atoms with E-state index in [9.17, 15) is 0 Å². The van der Waals surface area contributed by atoms with Gasteiger partial charge in [0.2, 0.25) is 0 Å². The van der Waals surface area contributed by atoms with Gasteiger partial charge >= 0.3 is 0 Å². The lowest BCUT2D eigenvalue weighted by atomic mass is 9.77. The highest BCUT2D eigenvalue weighted by molar-refractivity contribution is 6.09. The highest BCUT2D eigenvalue weighted by atomic mass is 16.5. The maximum absolute atomic E-state index is 7.78. The van der Waals surface area contributed by atoms with E-state index in [1.807, 2.05) is 0 Å². The molecule has 0 aromatic heterocycles. The molecule has 58 heavy (non-hydrogen) atoms. The maximum atomic E-state index is 7.78. The molecule has 1 saturated heterocycles. The van der Waals surface area contributed by atoms with Crippen LogP contribution in [0.3, 0.4) is 0 Å². The Hall–Kier alpha value is -6.10. The van der Waals surface area contributed by atoms with Crippen LogP contribution in [0.5, 0.6) is 11.5 Å². The number of aryl methyl sites for hydroxylation is 2. The molecule has 1 spiro atoms. The second-order valence-corrected chi connectivity index (χ2v) is 17.6. The number of ether oxygens (including phenoxy) is 3. The number of rotatable bonds is 3. The van der Waals surface area contributed by atoms with Crippen LogP contribution in [-0.4, -0.2) is 26.3 Å². The molecule has 4 aliphatic rings. The van der Waals surface area contributed by atoms with Crippen LogP contribution in [0.1, 0.15) is 70.8 Å². The van der Waals surface area contributed by atoms with Gasteiger partial charge in [0.05, 0.1) is 13.2 Å². The van der Waals surface area contributed by atoms with Gasteiger partial charge in [-0.15, -0.1) is 0 Å². The van der Waals surface area contributed by atoms with E-state index in [0.717, 1.165) is 87.3 Å². The second kappa shape index (κ2) is 12.7. The van der Waals surface area contributed by atoms with E-state index < -0.39 is 11.2 Å². The molecule has 7 aromatic rings. The molecule has 2 unspecified atom stereocenters. The molecule has 0 bridgehead atoms. The van der Waals surface area contributed by atoms with E-state index in [2.05, 4.69) is 185 Å². The van der Waals surface area contributed by atoms with Gasteiger partial charge in [0.1, 0.15) is 11.5 Å².